The minimum Gasteiger partial charge on any atom is -0.356 e. The summed E-state index contributed by atoms with van der Waals surface area (Å²) in [6.45, 7) is 24.0. The van der Waals surface area contributed by atoms with Crippen molar-refractivity contribution in [2.45, 2.75) is 158 Å². The van der Waals surface area contributed by atoms with E-state index in [9.17, 15) is 4.91 Å². The first-order chi connectivity index (χ1) is 19.7. The molecule has 0 saturated heterocycles. The van der Waals surface area contributed by atoms with Gasteiger partial charge < -0.3 is 9.47 Å². The van der Waals surface area contributed by atoms with Crippen LogP contribution < -0.4 is 0 Å². The number of allylic oxidation sites excluding steroid dienone is 1. The lowest BCUT2D eigenvalue weighted by atomic mass is 9.37. The van der Waals surface area contributed by atoms with Crippen LogP contribution in [-0.2, 0) is 9.47 Å². The summed E-state index contributed by atoms with van der Waals surface area (Å²) in [5.41, 5.74) is 1.28. The first kappa shape index (κ1) is 36.5. The summed E-state index contributed by atoms with van der Waals surface area (Å²) in [6, 6.07) is 0.0520. The molecule has 0 aromatic carbocycles. The number of hydrogen-bond donors (Lipinski definition) is 0. The van der Waals surface area contributed by atoms with Crippen molar-refractivity contribution in [3.8, 4) is 0 Å². The number of nitrogens with zero attached hydrogens (tertiary/aromatic N) is 1. The first-order valence-corrected chi connectivity index (χ1v) is 17.8. The number of ether oxygens (including phenoxy) is 2. The molecule has 0 N–H and O–H groups in total. The molecule has 0 spiro atoms. The fraction of sp³-hybridized carbons (Fsp3) is 0.946. The molecule has 5 aliphatic carbocycles. The zero-order valence-corrected chi connectivity index (χ0v) is 29.0. The monoisotopic (exact) mass is 576 g/mol. The van der Waals surface area contributed by atoms with Crippen LogP contribution in [0.3, 0.4) is 0 Å². The van der Waals surface area contributed by atoms with E-state index in [1.807, 2.05) is 34.6 Å². The number of hydrogen-bond acceptors (Lipinski definition) is 4. The Hall–Kier alpha value is -0.740. The van der Waals surface area contributed by atoms with Gasteiger partial charge in [-0.3, -0.25) is 0 Å². The summed E-state index contributed by atoms with van der Waals surface area (Å²) in [6.07, 6.45) is 18.5. The average molecular weight is 576 g/mol. The molecule has 0 bridgehead atoms. The van der Waals surface area contributed by atoms with Gasteiger partial charge >= 0.3 is 0 Å². The van der Waals surface area contributed by atoms with Gasteiger partial charge in [-0.25, -0.2) is 0 Å². The van der Waals surface area contributed by atoms with Gasteiger partial charge in [-0.1, -0.05) is 79.5 Å². The zero-order chi connectivity index (χ0) is 30.8. The van der Waals surface area contributed by atoms with Crippen LogP contribution in [0.15, 0.2) is 17.8 Å². The van der Waals surface area contributed by atoms with E-state index >= 15 is 0 Å². The van der Waals surface area contributed by atoms with E-state index in [0.717, 1.165) is 49.5 Å². The molecule has 5 saturated carbocycles. The fourth-order valence-corrected chi connectivity index (χ4v) is 11.1. The average Bonchev–Trinajstić information content (AvgIpc) is 3.42. The molecule has 240 valence electrons. The quantitative estimate of drug-likeness (QED) is 0.172. The highest BCUT2D eigenvalue weighted by molar-refractivity contribution is 5.14. The lowest BCUT2D eigenvalue weighted by Gasteiger charge is -2.67. The summed E-state index contributed by atoms with van der Waals surface area (Å²) in [5, 5.41) is 3.56. The van der Waals surface area contributed by atoms with Gasteiger partial charge in [-0.15, -0.1) is 6.58 Å². The maximum Gasteiger partial charge on any atom is 0.157 e. The van der Waals surface area contributed by atoms with Crippen LogP contribution in [0.5, 0.6) is 0 Å². The Morgan fingerprint density at radius 3 is 2.12 bits per heavy atom. The Morgan fingerprint density at radius 2 is 1.51 bits per heavy atom. The molecule has 11 atom stereocenters. The Balaban J connectivity index is 0.000000775. The topological polar surface area (TPSA) is 47.9 Å². The van der Waals surface area contributed by atoms with Gasteiger partial charge in [0.25, 0.3) is 0 Å². The molecule has 0 aromatic rings. The minimum absolute atomic E-state index is 0.0280. The minimum atomic E-state index is -0.0280. The van der Waals surface area contributed by atoms with Gasteiger partial charge in [-0.05, 0) is 129 Å². The predicted molar refractivity (Wildman–Crippen MR) is 176 cm³/mol. The summed E-state index contributed by atoms with van der Waals surface area (Å²) >= 11 is 0. The number of methoxy groups -OCH3 is 1. The molecule has 4 nitrogen and oxygen atoms in total. The maximum absolute atomic E-state index is 11.5. The number of fused-ring (bicyclic) bond motifs is 7. The molecule has 5 aliphatic rings. The van der Waals surface area contributed by atoms with E-state index < -0.39 is 0 Å². The van der Waals surface area contributed by atoms with Gasteiger partial charge in [0, 0.05) is 7.11 Å². The van der Waals surface area contributed by atoms with Crippen LogP contribution >= 0.6 is 0 Å². The Morgan fingerprint density at radius 1 is 0.902 bits per heavy atom. The molecule has 0 aliphatic heterocycles. The lowest BCUT2D eigenvalue weighted by molar-refractivity contribution is -0.202. The summed E-state index contributed by atoms with van der Waals surface area (Å²) in [5.74, 6) is 4.59. The van der Waals surface area contributed by atoms with Crippen molar-refractivity contribution in [3.63, 3.8) is 0 Å². The van der Waals surface area contributed by atoms with Crippen LogP contribution in [0, 0.1) is 56.7 Å². The molecule has 5 rings (SSSR count). The summed E-state index contributed by atoms with van der Waals surface area (Å²) in [7, 11) is 1.81. The van der Waals surface area contributed by atoms with Crippen LogP contribution in [-0.4, -0.2) is 26.0 Å². The molecular formula is C37H69NO3. The second-order valence-electron chi connectivity index (χ2n) is 14.2. The van der Waals surface area contributed by atoms with Gasteiger partial charge in [0.1, 0.15) is 0 Å². The predicted octanol–water partition coefficient (Wildman–Crippen LogP) is 11.2. The van der Waals surface area contributed by atoms with Crippen molar-refractivity contribution >= 4 is 0 Å². The van der Waals surface area contributed by atoms with E-state index in [-0.39, 0.29) is 12.3 Å². The van der Waals surface area contributed by atoms with Gasteiger partial charge in [0.05, 0.1) is 12.6 Å². The van der Waals surface area contributed by atoms with Crippen molar-refractivity contribution in [2.24, 2.45) is 56.9 Å². The lowest BCUT2D eigenvalue weighted by Crippen LogP contribution is -2.61. The smallest absolute Gasteiger partial charge is 0.157 e. The highest BCUT2D eigenvalue weighted by atomic mass is 16.7. The second-order valence-corrected chi connectivity index (χ2v) is 14.2. The van der Waals surface area contributed by atoms with E-state index in [1.165, 1.54) is 64.2 Å². The van der Waals surface area contributed by atoms with Crippen molar-refractivity contribution in [1.82, 2.24) is 0 Å². The van der Waals surface area contributed by atoms with E-state index in [2.05, 4.69) is 39.5 Å². The SMILES string of the molecule is C=CC.CC.CC.CCCC(OC)OCC12CCCC1C1CCC3C4(C)CCC(N=O)C(C)C4CCC3(C)C1CC2. The van der Waals surface area contributed by atoms with Crippen molar-refractivity contribution < 1.29 is 9.47 Å². The molecule has 11 unspecified atom stereocenters. The molecular weight excluding hydrogens is 506 g/mol. The molecule has 0 radical (unpaired) electrons. The van der Waals surface area contributed by atoms with Crippen LogP contribution in [0.1, 0.15) is 146 Å². The Bertz CT molecular complexity index is 786. The molecule has 41 heavy (non-hydrogen) atoms. The third kappa shape index (κ3) is 7.00. The third-order valence-electron chi connectivity index (χ3n) is 12.7. The zero-order valence-electron chi connectivity index (χ0n) is 29.0. The van der Waals surface area contributed by atoms with Crippen LogP contribution in [0.4, 0.5) is 0 Å². The standard InChI is InChI=1S/C30H51NO3.C3H6.2C2H6/c1-6-8-27(33-5)34-19-30-15-7-9-24(30)21-10-11-26-28(3)17-14-25(31-32)20(2)22(28)12-16-29(26,4)23(21)13-18-30;1-3-2;2*1-2/h20-27H,6-19H2,1-5H3;3H,1H2,2H3;2*1-2H3. The van der Waals surface area contributed by atoms with Gasteiger partial charge in [0.2, 0.25) is 0 Å². The summed E-state index contributed by atoms with van der Waals surface area (Å²) in [4.78, 5) is 11.5. The normalized spacial score (nSPS) is 42.9. The number of rotatable bonds is 7. The molecule has 4 heteroatoms. The molecule has 5 fully saturated rings. The fourth-order valence-electron chi connectivity index (χ4n) is 11.1. The van der Waals surface area contributed by atoms with Crippen molar-refractivity contribution in [1.29, 1.82) is 0 Å². The highest BCUT2D eigenvalue weighted by Gasteiger charge is 2.64. The Kier molecular flexibility index (Phi) is 14.5. The summed E-state index contributed by atoms with van der Waals surface area (Å²) < 4.78 is 12.1. The third-order valence-corrected chi connectivity index (χ3v) is 12.7. The maximum atomic E-state index is 11.5. The molecule has 0 amide bonds. The second kappa shape index (κ2) is 16.4. The molecule has 0 aromatic heterocycles. The van der Waals surface area contributed by atoms with E-state index in [1.54, 1.807) is 13.2 Å². The van der Waals surface area contributed by atoms with E-state index in [0.29, 0.717) is 28.1 Å². The van der Waals surface area contributed by atoms with Crippen molar-refractivity contribution in [3.05, 3.63) is 17.6 Å². The molecule has 0 heterocycles. The van der Waals surface area contributed by atoms with Gasteiger partial charge in [0.15, 0.2) is 6.29 Å². The van der Waals surface area contributed by atoms with Gasteiger partial charge in [-0.2, -0.15) is 4.91 Å². The highest BCUT2D eigenvalue weighted by Crippen LogP contribution is 2.71. The largest absolute Gasteiger partial charge is 0.356 e. The van der Waals surface area contributed by atoms with Crippen LogP contribution in [0.25, 0.3) is 0 Å². The Labute approximate surface area is 255 Å². The van der Waals surface area contributed by atoms with Crippen LogP contribution in [0.2, 0.25) is 0 Å². The van der Waals surface area contributed by atoms with Crippen molar-refractivity contribution in [2.75, 3.05) is 13.7 Å². The van der Waals surface area contributed by atoms with E-state index in [4.69, 9.17) is 9.47 Å². The first-order valence-electron chi connectivity index (χ1n) is 17.8. The number of nitroso groups, excluding NO2 is 1.